The van der Waals surface area contributed by atoms with Crippen molar-refractivity contribution in [1.29, 1.82) is 0 Å². The van der Waals surface area contributed by atoms with Crippen LogP contribution in [0.5, 0.6) is 0 Å². The lowest BCUT2D eigenvalue weighted by Gasteiger charge is -2.11. The Kier molecular flexibility index (Phi) is 11.2. The van der Waals surface area contributed by atoms with Crippen LogP contribution in [0.1, 0.15) is 25.8 Å². The topological polar surface area (TPSA) is 49.7 Å². The summed E-state index contributed by atoms with van der Waals surface area (Å²) in [6.07, 6.45) is 2.16. The second kappa shape index (κ2) is 11.9. The quantitative estimate of drug-likeness (QED) is 0.589. The van der Waals surface area contributed by atoms with Gasteiger partial charge in [0.05, 0.1) is 25.9 Å². The molecule has 1 atom stereocenters. The molecule has 0 saturated carbocycles. The summed E-state index contributed by atoms with van der Waals surface area (Å²) >= 11 is 0. The van der Waals surface area contributed by atoms with E-state index in [2.05, 4.69) is 20.4 Å². The van der Waals surface area contributed by atoms with Crippen molar-refractivity contribution in [3.8, 4) is 0 Å². The van der Waals surface area contributed by atoms with Crippen LogP contribution in [0.15, 0.2) is 43.0 Å². The van der Waals surface area contributed by atoms with Crippen LogP contribution in [0.3, 0.4) is 0 Å². The van der Waals surface area contributed by atoms with Gasteiger partial charge in [0.15, 0.2) is 0 Å². The van der Waals surface area contributed by atoms with Gasteiger partial charge in [-0.1, -0.05) is 50.3 Å². The first-order chi connectivity index (χ1) is 9.10. The molecule has 19 heavy (non-hydrogen) atoms. The zero-order valence-corrected chi connectivity index (χ0v) is 12.0. The first-order valence-corrected chi connectivity index (χ1v) is 6.61. The minimum Gasteiger partial charge on any atom is -0.392 e. The largest absolute Gasteiger partial charge is 0.392 e. The van der Waals surface area contributed by atoms with Gasteiger partial charge in [-0.25, -0.2) is 0 Å². The molecule has 1 aromatic carbocycles. The highest BCUT2D eigenvalue weighted by atomic mass is 16.5. The van der Waals surface area contributed by atoms with E-state index in [9.17, 15) is 5.11 Å². The first kappa shape index (κ1) is 17.8. The summed E-state index contributed by atoms with van der Waals surface area (Å²) in [6.45, 7) is 8.76. The lowest BCUT2D eigenvalue weighted by atomic mass is 10.1. The van der Waals surface area contributed by atoms with Crippen LogP contribution >= 0.6 is 0 Å². The van der Waals surface area contributed by atoms with Crippen molar-refractivity contribution in [2.24, 2.45) is 5.92 Å². The van der Waals surface area contributed by atoms with E-state index in [0.29, 0.717) is 19.1 Å². The summed E-state index contributed by atoms with van der Waals surface area (Å²) in [5, 5.41) is 17.8. The van der Waals surface area contributed by atoms with Crippen LogP contribution in [0.25, 0.3) is 0 Å². The van der Waals surface area contributed by atoms with Crippen LogP contribution in [0.2, 0.25) is 0 Å². The Hall–Kier alpha value is -1.16. The van der Waals surface area contributed by atoms with Crippen LogP contribution in [0, 0.1) is 5.92 Å². The summed E-state index contributed by atoms with van der Waals surface area (Å²) in [6, 6.07) is 9.52. The number of hydrogen-bond donors (Lipinski definition) is 2. The van der Waals surface area contributed by atoms with Crippen LogP contribution in [0.4, 0.5) is 0 Å². The van der Waals surface area contributed by atoms with Crippen molar-refractivity contribution in [3.05, 3.63) is 48.6 Å². The van der Waals surface area contributed by atoms with Crippen molar-refractivity contribution in [3.63, 3.8) is 0 Å². The molecule has 0 bridgehead atoms. The van der Waals surface area contributed by atoms with E-state index in [1.165, 1.54) is 0 Å². The van der Waals surface area contributed by atoms with Crippen molar-refractivity contribution >= 4 is 0 Å². The molecule has 1 rings (SSSR count). The van der Waals surface area contributed by atoms with Gasteiger partial charge in [-0.15, -0.1) is 6.58 Å². The molecule has 108 valence electrons. The van der Waals surface area contributed by atoms with E-state index in [1.54, 1.807) is 6.08 Å². The molecule has 0 aromatic heterocycles. The predicted octanol–water partition coefficient (Wildman–Crippen LogP) is 2.77. The number of hydrogen-bond acceptors (Lipinski definition) is 3. The van der Waals surface area contributed by atoms with Gasteiger partial charge in [0.25, 0.3) is 0 Å². The fraction of sp³-hybridized carbons (Fsp3) is 0.500. The van der Waals surface area contributed by atoms with Gasteiger partial charge in [-0.05, 0) is 17.9 Å². The maximum absolute atomic E-state index is 9.29. The third kappa shape index (κ3) is 11.7. The Morgan fingerprint density at radius 2 is 1.89 bits per heavy atom. The third-order valence-electron chi connectivity index (χ3n) is 2.31. The lowest BCUT2D eigenvalue weighted by molar-refractivity contribution is 0.0377. The number of benzene rings is 1. The summed E-state index contributed by atoms with van der Waals surface area (Å²) in [7, 11) is 0. The van der Waals surface area contributed by atoms with Crippen molar-refractivity contribution in [1.82, 2.24) is 0 Å². The van der Waals surface area contributed by atoms with Gasteiger partial charge in [0.2, 0.25) is 0 Å². The second-order valence-corrected chi connectivity index (χ2v) is 4.75. The average molecular weight is 266 g/mol. The number of ether oxygens (including phenoxy) is 1. The molecule has 3 heteroatoms. The maximum Gasteiger partial charge on any atom is 0.0776 e. The highest BCUT2D eigenvalue weighted by molar-refractivity contribution is 5.12. The normalized spacial score (nSPS) is 11.6. The van der Waals surface area contributed by atoms with E-state index >= 15 is 0 Å². The Balaban J connectivity index is 0.000000356. The third-order valence-corrected chi connectivity index (χ3v) is 2.31. The standard InChI is InChI=1S/C9H18O2.C7H8O/c1-4-5-11-7-9(10)6-8(2)3;8-6-7-4-2-1-3-5-7/h4,8-10H,1,5-7H2,2-3H3;1-5,8H,6H2. The van der Waals surface area contributed by atoms with Gasteiger partial charge >= 0.3 is 0 Å². The smallest absolute Gasteiger partial charge is 0.0776 e. The fourth-order valence-electron chi connectivity index (χ4n) is 1.48. The first-order valence-electron chi connectivity index (χ1n) is 6.61. The molecule has 0 heterocycles. The maximum atomic E-state index is 9.29. The molecule has 0 radical (unpaired) electrons. The highest BCUT2D eigenvalue weighted by Crippen LogP contribution is 2.04. The predicted molar refractivity (Wildman–Crippen MR) is 78.8 cm³/mol. The van der Waals surface area contributed by atoms with E-state index in [-0.39, 0.29) is 12.7 Å². The molecule has 0 aliphatic rings. The summed E-state index contributed by atoms with van der Waals surface area (Å²) < 4.78 is 5.08. The fourth-order valence-corrected chi connectivity index (χ4v) is 1.48. The number of aliphatic hydroxyl groups excluding tert-OH is 2. The minimum absolute atomic E-state index is 0.140. The summed E-state index contributed by atoms with van der Waals surface area (Å²) in [5.74, 6) is 0.525. The van der Waals surface area contributed by atoms with Crippen molar-refractivity contribution in [2.75, 3.05) is 13.2 Å². The Bertz CT molecular complexity index is 309. The molecule has 0 aliphatic heterocycles. The zero-order valence-electron chi connectivity index (χ0n) is 12.0. The Labute approximate surface area is 116 Å². The highest BCUT2D eigenvalue weighted by Gasteiger charge is 2.05. The zero-order chi connectivity index (χ0) is 14.5. The molecule has 1 aromatic rings. The van der Waals surface area contributed by atoms with E-state index in [0.717, 1.165) is 12.0 Å². The molecule has 0 saturated heterocycles. The molecule has 3 nitrogen and oxygen atoms in total. The van der Waals surface area contributed by atoms with Crippen molar-refractivity contribution < 1.29 is 14.9 Å². The monoisotopic (exact) mass is 266 g/mol. The van der Waals surface area contributed by atoms with Gasteiger partial charge in [0.1, 0.15) is 0 Å². The minimum atomic E-state index is -0.324. The molecule has 1 unspecified atom stereocenters. The van der Waals surface area contributed by atoms with Gasteiger partial charge in [-0.2, -0.15) is 0 Å². The SMILES string of the molecule is C=CCOCC(O)CC(C)C.OCc1ccccc1. The number of aliphatic hydroxyl groups is 2. The second-order valence-electron chi connectivity index (χ2n) is 4.75. The summed E-state index contributed by atoms with van der Waals surface area (Å²) in [4.78, 5) is 0. The number of rotatable bonds is 7. The summed E-state index contributed by atoms with van der Waals surface area (Å²) in [5.41, 5.74) is 0.965. The van der Waals surface area contributed by atoms with E-state index in [1.807, 2.05) is 30.3 Å². The van der Waals surface area contributed by atoms with E-state index < -0.39 is 0 Å². The molecule has 2 N–H and O–H groups in total. The lowest BCUT2D eigenvalue weighted by Crippen LogP contribution is -2.17. The van der Waals surface area contributed by atoms with E-state index in [4.69, 9.17) is 9.84 Å². The van der Waals surface area contributed by atoms with Crippen molar-refractivity contribution in [2.45, 2.75) is 33.0 Å². The van der Waals surface area contributed by atoms with Gasteiger partial charge in [-0.3, -0.25) is 0 Å². The molecule has 0 spiro atoms. The van der Waals surface area contributed by atoms with Crippen LogP contribution in [-0.2, 0) is 11.3 Å². The van der Waals surface area contributed by atoms with Gasteiger partial charge in [0, 0.05) is 0 Å². The molecular weight excluding hydrogens is 240 g/mol. The Morgan fingerprint density at radius 3 is 2.32 bits per heavy atom. The van der Waals surface area contributed by atoms with Gasteiger partial charge < -0.3 is 14.9 Å². The Morgan fingerprint density at radius 1 is 1.26 bits per heavy atom. The molecule has 0 aliphatic carbocycles. The van der Waals surface area contributed by atoms with Crippen LogP contribution < -0.4 is 0 Å². The van der Waals surface area contributed by atoms with Crippen LogP contribution in [-0.4, -0.2) is 29.5 Å². The molecular formula is C16H26O3. The molecule has 0 amide bonds. The average Bonchev–Trinajstić information content (AvgIpc) is 2.40. The molecule has 0 fully saturated rings.